The molecular formula is C10H7BrF2N2O. The van der Waals surface area contributed by atoms with E-state index in [0.717, 1.165) is 5.56 Å². The lowest BCUT2D eigenvalue weighted by Crippen LogP contribution is -2.04. The van der Waals surface area contributed by atoms with Gasteiger partial charge in [0, 0.05) is 10.9 Å². The first kappa shape index (κ1) is 12.6. The van der Waals surface area contributed by atoms with Crippen molar-refractivity contribution in [3.63, 3.8) is 0 Å². The third kappa shape index (κ3) is 3.28. The van der Waals surface area contributed by atoms with Gasteiger partial charge in [-0.15, -0.1) is 0 Å². The Bertz CT molecular complexity index is 429. The Morgan fingerprint density at radius 3 is 2.75 bits per heavy atom. The van der Waals surface area contributed by atoms with Crippen molar-refractivity contribution in [3.8, 4) is 6.07 Å². The Morgan fingerprint density at radius 2 is 2.19 bits per heavy atom. The molecule has 0 saturated heterocycles. The Labute approximate surface area is 99.4 Å². The molecule has 0 aliphatic carbocycles. The average molecular weight is 289 g/mol. The minimum Gasteiger partial charge on any atom is -0.324 e. The van der Waals surface area contributed by atoms with Crippen LogP contribution in [0.3, 0.4) is 0 Å². The summed E-state index contributed by atoms with van der Waals surface area (Å²) in [6, 6.07) is 8.57. The zero-order valence-electron chi connectivity index (χ0n) is 8.03. The predicted molar refractivity (Wildman–Crippen MR) is 58.3 cm³/mol. The molecule has 0 fully saturated rings. The van der Waals surface area contributed by atoms with Crippen molar-refractivity contribution >= 4 is 21.6 Å². The summed E-state index contributed by atoms with van der Waals surface area (Å²) in [5.74, 6) is 0. The summed E-state index contributed by atoms with van der Waals surface area (Å²) in [5.41, 5.74) is 1.08. The van der Waals surface area contributed by atoms with Gasteiger partial charge in [0.05, 0.1) is 0 Å². The monoisotopic (exact) mass is 288 g/mol. The van der Waals surface area contributed by atoms with Gasteiger partial charge in [-0.2, -0.15) is 14.0 Å². The Hall–Kier alpha value is -1.48. The summed E-state index contributed by atoms with van der Waals surface area (Å²) in [4.78, 5) is 3.77. The van der Waals surface area contributed by atoms with Crippen LogP contribution in [0.4, 0.5) is 8.78 Å². The van der Waals surface area contributed by atoms with Crippen molar-refractivity contribution in [1.29, 1.82) is 5.26 Å². The highest BCUT2D eigenvalue weighted by Gasteiger charge is 2.10. The molecule has 0 N–H and O–H groups in total. The number of rotatable bonds is 4. The van der Waals surface area contributed by atoms with Crippen LogP contribution in [0.2, 0.25) is 0 Å². The van der Waals surface area contributed by atoms with E-state index in [1.807, 2.05) is 0 Å². The number of oxime groups is 1. The maximum atomic E-state index is 11.8. The number of nitrogens with zero attached hydrogens (tertiary/aromatic N) is 2. The predicted octanol–water partition coefficient (Wildman–Crippen LogP) is 3.05. The summed E-state index contributed by atoms with van der Waals surface area (Å²) < 4.78 is 23.6. The first-order valence-corrected chi connectivity index (χ1v) is 5.37. The van der Waals surface area contributed by atoms with E-state index in [9.17, 15) is 8.78 Å². The van der Waals surface area contributed by atoms with Crippen molar-refractivity contribution in [2.75, 3.05) is 0 Å². The lowest BCUT2D eigenvalue weighted by Gasteiger charge is -2.04. The Morgan fingerprint density at radius 1 is 1.50 bits per heavy atom. The minimum atomic E-state index is -3.03. The van der Waals surface area contributed by atoms with Crippen LogP contribution in [-0.4, -0.2) is 12.3 Å². The molecule has 1 aromatic rings. The fourth-order valence-corrected chi connectivity index (χ4v) is 1.58. The molecule has 0 radical (unpaired) electrons. The second kappa shape index (κ2) is 6.18. The number of halogens is 3. The number of hydrogen-bond donors (Lipinski definition) is 0. The van der Waals surface area contributed by atoms with Crippen LogP contribution in [0, 0.1) is 11.3 Å². The van der Waals surface area contributed by atoms with Crippen LogP contribution >= 0.6 is 15.9 Å². The first-order valence-electron chi connectivity index (χ1n) is 4.25. The Kier molecular flexibility index (Phi) is 4.86. The van der Waals surface area contributed by atoms with Crippen molar-refractivity contribution < 1.29 is 13.6 Å². The van der Waals surface area contributed by atoms with Gasteiger partial charge in [-0.25, -0.2) is 0 Å². The van der Waals surface area contributed by atoms with Crippen molar-refractivity contribution in [2.45, 2.75) is 11.9 Å². The second-order valence-corrected chi connectivity index (χ2v) is 3.27. The topological polar surface area (TPSA) is 45.4 Å². The summed E-state index contributed by atoms with van der Waals surface area (Å²) >= 11 is 3.23. The SMILES string of the molecule is N#CC(=NOC(F)F)c1ccccc1CBr. The fraction of sp³-hybridized carbons (Fsp3) is 0.200. The number of benzene rings is 1. The molecule has 1 aromatic carbocycles. The van der Waals surface area contributed by atoms with E-state index in [1.54, 1.807) is 30.3 Å². The molecule has 0 aliphatic heterocycles. The highest BCUT2D eigenvalue weighted by atomic mass is 79.9. The summed E-state index contributed by atoms with van der Waals surface area (Å²) in [5, 5.41) is 12.4. The van der Waals surface area contributed by atoms with Gasteiger partial charge in [-0.1, -0.05) is 45.4 Å². The Balaban J connectivity index is 3.05. The molecule has 0 aromatic heterocycles. The second-order valence-electron chi connectivity index (χ2n) is 2.71. The van der Waals surface area contributed by atoms with Gasteiger partial charge in [0.2, 0.25) is 0 Å². The van der Waals surface area contributed by atoms with Crippen LogP contribution in [0.25, 0.3) is 0 Å². The molecule has 3 nitrogen and oxygen atoms in total. The molecule has 0 atom stereocenters. The molecule has 0 saturated carbocycles. The van der Waals surface area contributed by atoms with Crippen LogP contribution in [-0.2, 0) is 10.2 Å². The first-order chi connectivity index (χ1) is 7.69. The van der Waals surface area contributed by atoms with Crippen molar-refractivity contribution in [1.82, 2.24) is 0 Å². The highest BCUT2D eigenvalue weighted by molar-refractivity contribution is 9.08. The van der Waals surface area contributed by atoms with Crippen molar-refractivity contribution in [3.05, 3.63) is 35.4 Å². The molecule has 0 bridgehead atoms. The molecule has 0 spiro atoms. The quantitative estimate of drug-likeness (QED) is 0.486. The third-order valence-electron chi connectivity index (χ3n) is 1.75. The molecule has 0 amide bonds. The van der Waals surface area contributed by atoms with E-state index in [1.165, 1.54) is 0 Å². The van der Waals surface area contributed by atoms with Crippen molar-refractivity contribution in [2.24, 2.45) is 5.16 Å². The van der Waals surface area contributed by atoms with Gasteiger partial charge < -0.3 is 4.84 Å². The molecule has 16 heavy (non-hydrogen) atoms. The van der Waals surface area contributed by atoms with E-state index in [0.29, 0.717) is 10.9 Å². The van der Waals surface area contributed by atoms with Gasteiger partial charge in [0.1, 0.15) is 6.07 Å². The van der Waals surface area contributed by atoms with Crippen LogP contribution in [0.1, 0.15) is 11.1 Å². The number of nitriles is 1. The van der Waals surface area contributed by atoms with Gasteiger partial charge in [0.15, 0.2) is 5.71 Å². The zero-order valence-corrected chi connectivity index (χ0v) is 9.62. The van der Waals surface area contributed by atoms with Gasteiger partial charge in [0.25, 0.3) is 0 Å². The normalized spacial score (nSPS) is 11.3. The van der Waals surface area contributed by atoms with E-state index in [4.69, 9.17) is 5.26 Å². The molecular weight excluding hydrogens is 282 g/mol. The molecule has 84 valence electrons. The lowest BCUT2D eigenvalue weighted by molar-refractivity contribution is -0.127. The number of hydrogen-bond acceptors (Lipinski definition) is 3. The van der Waals surface area contributed by atoms with Crippen LogP contribution < -0.4 is 0 Å². The summed E-state index contributed by atoms with van der Waals surface area (Å²) in [6.45, 7) is -3.03. The average Bonchev–Trinajstić information content (AvgIpc) is 2.30. The van der Waals surface area contributed by atoms with Crippen LogP contribution in [0.15, 0.2) is 29.4 Å². The van der Waals surface area contributed by atoms with E-state index in [-0.39, 0.29) is 5.71 Å². The molecule has 6 heteroatoms. The smallest absolute Gasteiger partial charge is 0.324 e. The van der Waals surface area contributed by atoms with E-state index >= 15 is 0 Å². The largest absolute Gasteiger partial charge is 0.407 e. The van der Waals surface area contributed by atoms with Gasteiger partial charge >= 0.3 is 6.61 Å². The molecule has 0 unspecified atom stereocenters. The zero-order chi connectivity index (χ0) is 12.0. The highest BCUT2D eigenvalue weighted by Crippen LogP contribution is 2.14. The van der Waals surface area contributed by atoms with Crippen LogP contribution in [0.5, 0.6) is 0 Å². The van der Waals surface area contributed by atoms with Gasteiger partial charge in [-0.3, -0.25) is 0 Å². The fourth-order valence-electron chi connectivity index (χ4n) is 1.09. The number of alkyl halides is 3. The molecule has 0 heterocycles. The summed E-state index contributed by atoms with van der Waals surface area (Å²) in [6.07, 6.45) is 0. The minimum absolute atomic E-state index is 0.171. The lowest BCUT2D eigenvalue weighted by atomic mass is 10.1. The maximum Gasteiger partial charge on any atom is 0.407 e. The molecule has 0 aliphatic rings. The standard InChI is InChI=1S/C10H7BrF2N2O/c11-5-7-3-1-2-4-8(7)9(6-14)15-16-10(12)13/h1-4,10H,5H2. The summed E-state index contributed by atoms with van der Waals surface area (Å²) in [7, 11) is 0. The molecule has 1 rings (SSSR count). The maximum absolute atomic E-state index is 11.8. The van der Waals surface area contributed by atoms with E-state index in [2.05, 4.69) is 25.9 Å². The third-order valence-corrected chi connectivity index (χ3v) is 2.35. The van der Waals surface area contributed by atoms with E-state index < -0.39 is 6.61 Å². The van der Waals surface area contributed by atoms with Gasteiger partial charge in [-0.05, 0) is 5.56 Å².